The van der Waals surface area contributed by atoms with E-state index in [1.54, 1.807) is 12.1 Å². The number of alkyl halides is 3. The molecule has 0 aliphatic heterocycles. The predicted octanol–water partition coefficient (Wildman–Crippen LogP) is 4.44. The van der Waals surface area contributed by atoms with Gasteiger partial charge < -0.3 is 4.74 Å². The molecule has 0 atom stereocenters. The predicted molar refractivity (Wildman–Crippen MR) is 67.7 cm³/mol. The molecule has 0 saturated carbocycles. The average Bonchev–Trinajstić information content (AvgIpc) is 2.37. The van der Waals surface area contributed by atoms with Crippen molar-refractivity contribution in [2.24, 2.45) is 0 Å². The molecule has 1 aromatic carbocycles. The molecule has 0 bridgehead atoms. The summed E-state index contributed by atoms with van der Waals surface area (Å²) in [6.07, 6.45) is -2.77. The number of halogens is 4. The lowest BCUT2D eigenvalue weighted by atomic mass is 10.1. The Hall–Kier alpha value is -1.56. The van der Waals surface area contributed by atoms with E-state index >= 15 is 0 Å². The van der Waals surface area contributed by atoms with Crippen LogP contribution in [0, 0.1) is 0 Å². The zero-order chi connectivity index (χ0) is 13.9. The molecule has 100 valence electrons. The van der Waals surface area contributed by atoms with Crippen molar-refractivity contribution in [2.45, 2.75) is 12.8 Å². The molecule has 19 heavy (non-hydrogen) atoms. The minimum Gasteiger partial charge on any atom is -0.487 e. The van der Waals surface area contributed by atoms with Crippen LogP contribution in [0.15, 0.2) is 47.2 Å². The molecule has 0 saturated heterocycles. The fraction of sp³-hybridized carbons (Fsp3) is 0.154. The number of aromatic nitrogens is 1. The van der Waals surface area contributed by atoms with Crippen LogP contribution in [0.5, 0.6) is 5.75 Å². The fourth-order valence-corrected chi connectivity index (χ4v) is 1.64. The maximum absolute atomic E-state index is 12.4. The second-order valence-corrected chi connectivity index (χ2v) is 4.61. The van der Waals surface area contributed by atoms with Crippen molar-refractivity contribution in [3.8, 4) is 5.75 Å². The molecule has 1 heterocycles. The van der Waals surface area contributed by atoms with Gasteiger partial charge >= 0.3 is 6.18 Å². The maximum atomic E-state index is 12.4. The van der Waals surface area contributed by atoms with Crippen molar-refractivity contribution in [1.29, 1.82) is 0 Å². The van der Waals surface area contributed by atoms with E-state index < -0.39 is 11.7 Å². The van der Waals surface area contributed by atoms with Crippen LogP contribution in [0.25, 0.3) is 0 Å². The van der Waals surface area contributed by atoms with Crippen LogP contribution < -0.4 is 4.74 Å². The number of nitrogens with zero attached hydrogens (tertiary/aromatic N) is 1. The smallest absolute Gasteiger partial charge is 0.416 e. The highest BCUT2D eigenvalue weighted by molar-refractivity contribution is 9.10. The summed E-state index contributed by atoms with van der Waals surface area (Å²) in [5.41, 5.74) is -0.00234. The lowest BCUT2D eigenvalue weighted by Crippen LogP contribution is -2.05. The lowest BCUT2D eigenvalue weighted by molar-refractivity contribution is -0.137. The van der Waals surface area contributed by atoms with E-state index in [4.69, 9.17) is 4.74 Å². The normalized spacial score (nSPS) is 11.4. The number of hydrogen-bond donors (Lipinski definition) is 0. The van der Waals surface area contributed by atoms with Gasteiger partial charge in [-0.15, -0.1) is 0 Å². The van der Waals surface area contributed by atoms with Gasteiger partial charge in [0.25, 0.3) is 0 Å². The van der Waals surface area contributed by atoms with Crippen LogP contribution in [0.1, 0.15) is 11.1 Å². The van der Waals surface area contributed by atoms with Gasteiger partial charge in [0.05, 0.1) is 11.8 Å². The van der Waals surface area contributed by atoms with E-state index in [1.165, 1.54) is 18.3 Å². The molecule has 0 spiro atoms. The number of ether oxygens (including phenoxy) is 1. The Balaban J connectivity index is 1.98. The van der Waals surface area contributed by atoms with Crippen molar-refractivity contribution < 1.29 is 17.9 Å². The SMILES string of the molecule is FC(F)(F)c1ccc(COc2ccc(Br)nc2)cc1. The van der Waals surface area contributed by atoms with Gasteiger partial charge in [-0.3, -0.25) is 0 Å². The van der Waals surface area contributed by atoms with Crippen LogP contribution in [0.2, 0.25) is 0 Å². The molecule has 2 rings (SSSR count). The second-order valence-electron chi connectivity index (χ2n) is 3.80. The lowest BCUT2D eigenvalue weighted by Gasteiger charge is -2.08. The van der Waals surface area contributed by atoms with Crippen LogP contribution in [0.3, 0.4) is 0 Å². The van der Waals surface area contributed by atoms with Crippen LogP contribution >= 0.6 is 15.9 Å². The topological polar surface area (TPSA) is 22.1 Å². The summed E-state index contributed by atoms with van der Waals surface area (Å²) in [5, 5.41) is 0. The van der Waals surface area contributed by atoms with Crippen molar-refractivity contribution >= 4 is 15.9 Å². The average molecular weight is 332 g/mol. The highest BCUT2D eigenvalue weighted by Crippen LogP contribution is 2.29. The summed E-state index contributed by atoms with van der Waals surface area (Å²) >= 11 is 3.19. The van der Waals surface area contributed by atoms with Gasteiger partial charge in [0.15, 0.2) is 0 Å². The van der Waals surface area contributed by atoms with Gasteiger partial charge in [-0.1, -0.05) is 12.1 Å². The maximum Gasteiger partial charge on any atom is 0.416 e. The Morgan fingerprint density at radius 2 is 1.74 bits per heavy atom. The first-order chi connectivity index (χ1) is 8.95. The summed E-state index contributed by atoms with van der Waals surface area (Å²) in [6.45, 7) is 0.196. The zero-order valence-electron chi connectivity index (χ0n) is 9.62. The summed E-state index contributed by atoms with van der Waals surface area (Å²) in [4.78, 5) is 3.98. The van der Waals surface area contributed by atoms with E-state index in [1.807, 2.05) is 0 Å². The number of benzene rings is 1. The zero-order valence-corrected chi connectivity index (χ0v) is 11.2. The van der Waals surface area contributed by atoms with Crippen molar-refractivity contribution in [3.63, 3.8) is 0 Å². The van der Waals surface area contributed by atoms with E-state index in [0.717, 1.165) is 12.1 Å². The molecule has 1 aromatic heterocycles. The van der Waals surface area contributed by atoms with Crippen LogP contribution in [-0.2, 0) is 12.8 Å². The third kappa shape index (κ3) is 3.96. The van der Waals surface area contributed by atoms with Crippen molar-refractivity contribution in [2.75, 3.05) is 0 Å². The highest BCUT2D eigenvalue weighted by Gasteiger charge is 2.29. The van der Waals surface area contributed by atoms with Crippen LogP contribution in [0.4, 0.5) is 13.2 Å². The molecule has 6 heteroatoms. The number of hydrogen-bond acceptors (Lipinski definition) is 2. The molecule has 2 nitrogen and oxygen atoms in total. The van der Waals surface area contributed by atoms with Crippen LogP contribution in [-0.4, -0.2) is 4.98 Å². The molecule has 0 amide bonds. The van der Waals surface area contributed by atoms with E-state index in [2.05, 4.69) is 20.9 Å². The van der Waals surface area contributed by atoms with E-state index in [0.29, 0.717) is 15.9 Å². The first-order valence-electron chi connectivity index (χ1n) is 5.35. The van der Waals surface area contributed by atoms with Crippen molar-refractivity contribution in [1.82, 2.24) is 4.98 Å². The van der Waals surface area contributed by atoms with Gasteiger partial charge in [-0.25, -0.2) is 4.98 Å². The second kappa shape index (κ2) is 5.61. The highest BCUT2D eigenvalue weighted by atomic mass is 79.9. The van der Waals surface area contributed by atoms with Gasteiger partial charge in [0.1, 0.15) is 17.0 Å². The third-order valence-corrected chi connectivity index (χ3v) is 2.86. The molecule has 0 aliphatic rings. The Morgan fingerprint density at radius 3 is 2.26 bits per heavy atom. The van der Waals surface area contributed by atoms with Gasteiger partial charge in [-0.05, 0) is 45.8 Å². The molecule has 2 aromatic rings. The molecule has 0 fully saturated rings. The fourth-order valence-electron chi connectivity index (χ4n) is 1.40. The Labute approximate surface area is 116 Å². The summed E-state index contributed by atoms with van der Waals surface area (Å²) in [6, 6.07) is 8.32. The Bertz CT molecular complexity index is 537. The van der Waals surface area contributed by atoms with E-state index in [-0.39, 0.29) is 6.61 Å². The summed E-state index contributed by atoms with van der Waals surface area (Å²) < 4.78 is 43.2. The van der Waals surface area contributed by atoms with Gasteiger partial charge in [-0.2, -0.15) is 13.2 Å². The minimum atomic E-state index is -4.31. The molecule has 0 N–H and O–H groups in total. The Kier molecular flexibility index (Phi) is 4.09. The third-order valence-electron chi connectivity index (χ3n) is 2.39. The molecule has 0 aliphatic carbocycles. The molecule has 0 unspecified atom stereocenters. The standard InChI is InChI=1S/C13H9BrF3NO/c14-12-6-5-11(7-18-12)19-8-9-1-3-10(4-2-9)13(15,16)17/h1-7H,8H2. The molecular formula is C13H9BrF3NO. The first kappa shape index (κ1) is 13.9. The van der Waals surface area contributed by atoms with E-state index in [9.17, 15) is 13.2 Å². The van der Waals surface area contributed by atoms with Crippen molar-refractivity contribution in [3.05, 3.63) is 58.3 Å². The largest absolute Gasteiger partial charge is 0.487 e. The minimum absolute atomic E-state index is 0.196. The number of pyridine rings is 1. The first-order valence-corrected chi connectivity index (χ1v) is 6.15. The molecular weight excluding hydrogens is 323 g/mol. The van der Waals surface area contributed by atoms with Gasteiger partial charge in [0, 0.05) is 0 Å². The summed E-state index contributed by atoms with van der Waals surface area (Å²) in [5.74, 6) is 0.558. The monoisotopic (exact) mass is 331 g/mol. The van der Waals surface area contributed by atoms with Gasteiger partial charge in [0.2, 0.25) is 0 Å². The number of rotatable bonds is 3. The summed E-state index contributed by atoms with van der Waals surface area (Å²) in [7, 11) is 0. The quantitative estimate of drug-likeness (QED) is 0.775. The Morgan fingerprint density at radius 1 is 1.05 bits per heavy atom. The molecule has 0 radical (unpaired) electrons.